The van der Waals surface area contributed by atoms with Gasteiger partial charge in [0.1, 0.15) is 5.82 Å². The fraction of sp³-hybridized carbons (Fsp3) is 0.706. The molecule has 2 aromatic rings. The molecule has 120 valence electrons. The summed E-state index contributed by atoms with van der Waals surface area (Å²) >= 11 is 0. The molecular formula is C17H27N5. The highest BCUT2D eigenvalue weighted by molar-refractivity contribution is 5.51. The molecule has 1 saturated carbocycles. The maximum atomic E-state index is 4.69. The average molecular weight is 301 g/mol. The van der Waals surface area contributed by atoms with Gasteiger partial charge in [-0.1, -0.05) is 40.0 Å². The lowest BCUT2D eigenvalue weighted by atomic mass is 9.84. The quantitative estimate of drug-likeness (QED) is 0.916. The minimum atomic E-state index is 0.510. The molecule has 0 bridgehead atoms. The van der Waals surface area contributed by atoms with Gasteiger partial charge in [0.2, 0.25) is 5.95 Å². The molecular weight excluding hydrogens is 274 g/mol. The third-order valence-electron chi connectivity index (χ3n) is 4.88. The van der Waals surface area contributed by atoms with E-state index < -0.39 is 0 Å². The van der Waals surface area contributed by atoms with Crippen LogP contribution in [0.4, 0.5) is 5.95 Å². The van der Waals surface area contributed by atoms with Gasteiger partial charge in [-0.25, -0.2) is 4.98 Å². The first-order valence-corrected chi connectivity index (χ1v) is 8.75. The molecule has 0 aliphatic heterocycles. The molecule has 2 atom stereocenters. The Morgan fingerprint density at radius 2 is 2.05 bits per heavy atom. The van der Waals surface area contributed by atoms with Gasteiger partial charge in [-0.2, -0.15) is 14.6 Å². The Morgan fingerprint density at radius 1 is 1.18 bits per heavy atom. The third-order valence-corrected chi connectivity index (χ3v) is 4.88. The first-order valence-electron chi connectivity index (χ1n) is 8.75. The molecule has 1 aliphatic carbocycles. The first-order chi connectivity index (χ1) is 10.7. The molecule has 1 aliphatic rings. The van der Waals surface area contributed by atoms with E-state index in [-0.39, 0.29) is 0 Å². The van der Waals surface area contributed by atoms with E-state index in [1.807, 2.05) is 10.7 Å². The van der Waals surface area contributed by atoms with Crippen molar-refractivity contribution in [3.63, 3.8) is 0 Å². The molecule has 0 aromatic carbocycles. The van der Waals surface area contributed by atoms with Crippen LogP contribution in [0.2, 0.25) is 0 Å². The number of nitrogens with zero attached hydrogens (tertiary/aromatic N) is 4. The van der Waals surface area contributed by atoms with Crippen molar-refractivity contribution in [2.24, 2.45) is 5.92 Å². The molecule has 0 saturated heterocycles. The van der Waals surface area contributed by atoms with Crippen molar-refractivity contribution in [1.82, 2.24) is 19.6 Å². The van der Waals surface area contributed by atoms with Crippen LogP contribution in [0.1, 0.15) is 64.3 Å². The van der Waals surface area contributed by atoms with Crippen molar-refractivity contribution in [3.05, 3.63) is 17.6 Å². The fourth-order valence-electron chi connectivity index (χ4n) is 3.44. The molecule has 2 aromatic heterocycles. The second-order valence-corrected chi connectivity index (χ2v) is 6.36. The van der Waals surface area contributed by atoms with Crippen LogP contribution in [-0.2, 0) is 12.8 Å². The number of aromatic nitrogens is 4. The van der Waals surface area contributed by atoms with E-state index in [0.29, 0.717) is 6.04 Å². The van der Waals surface area contributed by atoms with Crippen LogP contribution in [0.15, 0.2) is 6.20 Å². The molecule has 3 rings (SSSR count). The highest BCUT2D eigenvalue weighted by Gasteiger charge is 2.22. The summed E-state index contributed by atoms with van der Waals surface area (Å²) in [6.45, 7) is 6.54. The SMILES string of the molecule is CCc1nc(NC2CCCC(CC)C2)n2ncc(CC)c2n1. The van der Waals surface area contributed by atoms with Crippen molar-refractivity contribution >= 4 is 11.6 Å². The molecule has 0 radical (unpaired) electrons. The van der Waals surface area contributed by atoms with Crippen molar-refractivity contribution < 1.29 is 0 Å². The fourth-order valence-corrected chi connectivity index (χ4v) is 3.44. The summed E-state index contributed by atoms with van der Waals surface area (Å²) in [7, 11) is 0. The van der Waals surface area contributed by atoms with Gasteiger partial charge in [0.05, 0.1) is 6.20 Å². The van der Waals surface area contributed by atoms with Crippen molar-refractivity contribution in [3.8, 4) is 0 Å². The van der Waals surface area contributed by atoms with E-state index in [2.05, 4.69) is 36.2 Å². The number of anilines is 1. The summed E-state index contributed by atoms with van der Waals surface area (Å²) in [5.74, 6) is 2.61. The standard InChI is InChI=1S/C17H27N5/c1-4-12-8-7-9-14(10-12)19-17-21-15(6-3)20-16-13(5-2)11-18-22(16)17/h11-12,14H,4-10H2,1-3H3,(H,19,20,21). The van der Waals surface area contributed by atoms with Gasteiger partial charge < -0.3 is 5.32 Å². The second-order valence-electron chi connectivity index (χ2n) is 6.36. The van der Waals surface area contributed by atoms with Gasteiger partial charge in [-0.15, -0.1) is 0 Å². The maximum Gasteiger partial charge on any atom is 0.227 e. The largest absolute Gasteiger partial charge is 0.351 e. The van der Waals surface area contributed by atoms with Crippen molar-refractivity contribution in [1.29, 1.82) is 0 Å². The maximum absolute atomic E-state index is 4.69. The minimum absolute atomic E-state index is 0.510. The smallest absolute Gasteiger partial charge is 0.227 e. The van der Waals surface area contributed by atoms with E-state index in [1.54, 1.807) is 0 Å². The molecule has 5 heteroatoms. The minimum Gasteiger partial charge on any atom is -0.351 e. The van der Waals surface area contributed by atoms with Crippen LogP contribution >= 0.6 is 0 Å². The zero-order valence-electron chi connectivity index (χ0n) is 14.0. The highest BCUT2D eigenvalue weighted by Crippen LogP contribution is 2.28. The molecule has 1 N–H and O–H groups in total. The molecule has 0 amide bonds. The Morgan fingerprint density at radius 3 is 2.77 bits per heavy atom. The Bertz CT molecular complexity index is 633. The van der Waals surface area contributed by atoms with Crippen molar-refractivity contribution in [2.45, 2.75) is 71.8 Å². The number of nitrogens with one attached hydrogen (secondary N) is 1. The van der Waals surface area contributed by atoms with Crippen LogP contribution in [0.25, 0.3) is 5.65 Å². The Labute approximate surface area is 132 Å². The molecule has 5 nitrogen and oxygen atoms in total. The lowest BCUT2D eigenvalue weighted by Gasteiger charge is -2.29. The number of fused-ring (bicyclic) bond motifs is 1. The van der Waals surface area contributed by atoms with Gasteiger partial charge in [0.25, 0.3) is 0 Å². The Kier molecular flexibility index (Phi) is 4.60. The predicted octanol–water partition coefficient (Wildman–Crippen LogP) is 3.63. The third kappa shape index (κ3) is 2.94. The molecule has 2 unspecified atom stereocenters. The monoisotopic (exact) mass is 301 g/mol. The van der Waals surface area contributed by atoms with E-state index in [9.17, 15) is 0 Å². The zero-order chi connectivity index (χ0) is 15.5. The van der Waals surface area contributed by atoms with Crippen LogP contribution in [-0.4, -0.2) is 25.6 Å². The Balaban J connectivity index is 1.90. The predicted molar refractivity (Wildman–Crippen MR) is 89.2 cm³/mol. The zero-order valence-corrected chi connectivity index (χ0v) is 14.0. The van der Waals surface area contributed by atoms with Crippen LogP contribution in [0.3, 0.4) is 0 Å². The van der Waals surface area contributed by atoms with E-state index >= 15 is 0 Å². The van der Waals surface area contributed by atoms with Gasteiger partial charge in [0.15, 0.2) is 5.65 Å². The van der Waals surface area contributed by atoms with Gasteiger partial charge in [-0.05, 0) is 25.2 Å². The number of rotatable bonds is 5. The average Bonchev–Trinajstić information content (AvgIpc) is 2.98. The van der Waals surface area contributed by atoms with E-state index in [4.69, 9.17) is 4.98 Å². The van der Waals surface area contributed by atoms with Gasteiger partial charge in [-0.3, -0.25) is 0 Å². The Hall–Kier alpha value is -1.65. The van der Waals surface area contributed by atoms with E-state index in [1.165, 1.54) is 37.7 Å². The topological polar surface area (TPSA) is 55.1 Å². The van der Waals surface area contributed by atoms with Crippen LogP contribution in [0.5, 0.6) is 0 Å². The van der Waals surface area contributed by atoms with Gasteiger partial charge in [0, 0.05) is 18.0 Å². The van der Waals surface area contributed by atoms with E-state index in [0.717, 1.165) is 36.2 Å². The highest BCUT2D eigenvalue weighted by atomic mass is 15.4. The summed E-state index contributed by atoms with van der Waals surface area (Å²) < 4.78 is 1.88. The summed E-state index contributed by atoms with van der Waals surface area (Å²) in [5.41, 5.74) is 2.15. The number of hydrogen-bond acceptors (Lipinski definition) is 4. The molecule has 1 fully saturated rings. The lowest BCUT2D eigenvalue weighted by molar-refractivity contribution is 0.326. The van der Waals surface area contributed by atoms with Crippen LogP contribution < -0.4 is 5.32 Å². The summed E-state index contributed by atoms with van der Waals surface area (Å²) in [6, 6.07) is 0.510. The second kappa shape index (κ2) is 6.63. The van der Waals surface area contributed by atoms with Crippen molar-refractivity contribution in [2.75, 3.05) is 5.32 Å². The molecule has 0 spiro atoms. The van der Waals surface area contributed by atoms with Gasteiger partial charge >= 0.3 is 0 Å². The number of hydrogen-bond donors (Lipinski definition) is 1. The summed E-state index contributed by atoms with van der Waals surface area (Å²) in [4.78, 5) is 9.35. The lowest BCUT2D eigenvalue weighted by Crippen LogP contribution is -2.29. The van der Waals surface area contributed by atoms with Crippen LogP contribution in [0, 0.1) is 5.92 Å². The normalized spacial score (nSPS) is 22.1. The molecule has 2 heterocycles. The summed E-state index contributed by atoms with van der Waals surface area (Å²) in [5, 5.41) is 8.15. The number of aryl methyl sites for hydroxylation is 2. The summed E-state index contributed by atoms with van der Waals surface area (Å²) in [6.07, 6.45) is 10.1. The first kappa shape index (κ1) is 15.3. The molecule has 22 heavy (non-hydrogen) atoms.